The quantitative estimate of drug-likeness (QED) is 0.704. The molecule has 1 aliphatic rings. The maximum Gasteiger partial charge on any atom is 0.231 e. The summed E-state index contributed by atoms with van der Waals surface area (Å²) in [5.74, 6) is 1.50. The lowest BCUT2D eigenvalue weighted by atomic mass is 10.1. The number of nitrogens with zero attached hydrogens (tertiary/aromatic N) is 1. The van der Waals surface area contributed by atoms with E-state index >= 15 is 0 Å². The second-order valence-electron chi connectivity index (χ2n) is 4.79. The Kier molecular flexibility index (Phi) is 2.57. The summed E-state index contributed by atoms with van der Waals surface area (Å²) in [7, 11) is 0. The first-order chi connectivity index (χ1) is 10.3. The van der Waals surface area contributed by atoms with E-state index in [-0.39, 0.29) is 6.79 Å². The molecule has 21 heavy (non-hydrogen) atoms. The molecule has 0 aliphatic carbocycles. The van der Waals surface area contributed by atoms with Crippen LogP contribution in [0.15, 0.2) is 48.7 Å². The van der Waals surface area contributed by atoms with Crippen LogP contribution in [0.25, 0.3) is 10.9 Å². The van der Waals surface area contributed by atoms with Crippen molar-refractivity contribution in [3.05, 3.63) is 48.7 Å². The standard InChI is InChI=1S/C16H13N3O2/c17-16-11-2-1-7-18-12(11)4-5-13(16)19-10-3-6-14-15(8-10)21-9-20-14/h1-8,19H,9,17H2. The van der Waals surface area contributed by atoms with E-state index in [0.29, 0.717) is 5.69 Å². The summed E-state index contributed by atoms with van der Waals surface area (Å²) in [6.45, 7) is 0.266. The molecular formula is C16H13N3O2. The van der Waals surface area contributed by atoms with Gasteiger partial charge in [-0.3, -0.25) is 4.98 Å². The molecule has 0 saturated carbocycles. The highest BCUT2D eigenvalue weighted by Gasteiger charge is 2.13. The first kappa shape index (κ1) is 11.8. The summed E-state index contributed by atoms with van der Waals surface area (Å²) < 4.78 is 10.7. The Morgan fingerprint density at radius 3 is 2.90 bits per heavy atom. The first-order valence-corrected chi connectivity index (χ1v) is 6.61. The number of ether oxygens (including phenoxy) is 2. The summed E-state index contributed by atoms with van der Waals surface area (Å²) in [6.07, 6.45) is 1.76. The zero-order valence-electron chi connectivity index (χ0n) is 11.2. The van der Waals surface area contributed by atoms with Crippen molar-refractivity contribution in [1.82, 2.24) is 4.98 Å². The predicted molar refractivity (Wildman–Crippen MR) is 82.0 cm³/mol. The van der Waals surface area contributed by atoms with Gasteiger partial charge in [0.1, 0.15) is 0 Å². The van der Waals surface area contributed by atoms with Gasteiger partial charge in [0, 0.05) is 23.3 Å². The van der Waals surface area contributed by atoms with Crippen LogP contribution < -0.4 is 20.5 Å². The van der Waals surface area contributed by atoms with E-state index in [1.165, 1.54) is 0 Å². The van der Waals surface area contributed by atoms with Gasteiger partial charge in [0.15, 0.2) is 11.5 Å². The van der Waals surface area contributed by atoms with Gasteiger partial charge in [-0.15, -0.1) is 0 Å². The van der Waals surface area contributed by atoms with E-state index in [1.807, 2.05) is 42.5 Å². The van der Waals surface area contributed by atoms with Crippen LogP contribution in [-0.4, -0.2) is 11.8 Å². The van der Waals surface area contributed by atoms with Crippen molar-refractivity contribution in [2.45, 2.75) is 0 Å². The summed E-state index contributed by atoms with van der Waals surface area (Å²) in [5, 5.41) is 4.24. The van der Waals surface area contributed by atoms with Gasteiger partial charge in [-0.05, 0) is 36.4 Å². The third-order valence-electron chi connectivity index (χ3n) is 3.48. The van der Waals surface area contributed by atoms with E-state index in [9.17, 15) is 0 Å². The number of hydrogen-bond donors (Lipinski definition) is 2. The molecule has 0 amide bonds. The molecule has 4 rings (SSSR count). The van der Waals surface area contributed by atoms with Gasteiger partial charge < -0.3 is 20.5 Å². The number of fused-ring (bicyclic) bond motifs is 2. The van der Waals surface area contributed by atoms with Crippen molar-refractivity contribution in [2.75, 3.05) is 17.8 Å². The molecule has 1 aliphatic heterocycles. The van der Waals surface area contributed by atoms with E-state index < -0.39 is 0 Å². The van der Waals surface area contributed by atoms with Crippen LogP contribution in [0, 0.1) is 0 Å². The lowest BCUT2D eigenvalue weighted by Crippen LogP contribution is -1.97. The maximum atomic E-state index is 6.22. The van der Waals surface area contributed by atoms with Crippen molar-refractivity contribution < 1.29 is 9.47 Å². The zero-order chi connectivity index (χ0) is 14.2. The first-order valence-electron chi connectivity index (χ1n) is 6.61. The maximum absolute atomic E-state index is 6.22. The zero-order valence-corrected chi connectivity index (χ0v) is 11.2. The molecule has 104 valence electrons. The van der Waals surface area contributed by atoms with Gasteiger partial charge in [-0.1, -0.05) is 0 Å². The number of benzene rings is 2. The third kappa shape index (κ3) is 1.99. The fraction of sp³-hybridized carbons (Fsp3) is 0.0625. The van der Waals surface area contributed by atoms with Gasteiger partial charge in [-0.25, -0.2) is 0 Å². The number of nitrogen functional groups attached to an aromatic ring is 1. The van der Waals surface area contributed by atoms with E-state index in [2.05, 4.69) is 10.3 Å². The minimum Gasteiger partial charge on any atom is -0.454 e. The SMILES string of the molecule is Nc1c(Nc2ccc3c(c2)OCO3)ccc2ncccc12. The Balaban J connectivity index is 1.72. The van der Waals surface area contributed by atoms with Crippen molar-refractivity contribution >= 4 is 28.0 Å². The number of aromatic nitrogens is 1. The van der Waals surface area contributed by atoms with Crippen LogP contribution in [-0.2, 0) is 0 Å². The molecule has 2 heterocycles. The molecule has 0 unspecified atom stereocenters. The summed E-state index contributed by atoms with van der Waals surface area (Å²) in [4.78, 5) is 4.29. The minimum absolute atomic E-state index is 0.266. The molecule has 5 nitrogen and oxygen atoms in total. The Morgan fingerprint density at radius 2 is 1.95 bits per heavy atom. The topological polar surface area (TPSA) is 69.4 Å². The van der Waals surface area contributed by atoms with Crippen LogP contribution >= 0.6 is 0 Å². The van der Waals surface area contributed by atoms with Crippen LogP contribution in [0.2, 0.25) is 0 Å². The highest BCUT2D eigenvalue weighted by Crippen LogP contribution is 2.36. The smallest absolute Gasteiger partial charge is 0.231 e. The number of nitrogens with one attached hydrogen (secondary N) is 1. The average molecular weight is 279 g/mol. The highest BCUT2D eigenvalue weighted by atomic mass is 16.7. The lowest BCUT2D eigenvalue weighted by molar-refractivity contribution is 0.174. The van der Waals surface area contributed by atoms with E-state index in [1.54, 1.807) is 6.20 Å². The molecule has 3 aromatic rings. The van der Waals surface area contributed by atoms with Gasteiger partial charge in [0.2, 0.25) is 6.79 Å². The molecule has 0 bridgehead atoms. The fourth-order valence-corrected chi connectivity index (χ4v) is 2.41. The van der Waals surface area contributed by atoms with Gasteiger partial charge >= 0.3 is 0 Å². The second kappa shape index (κ2) is 4.56. The summed E-state index contributed by atoms with van der Waals surface area (Å²) in [5.41, 5.74) is 9.52. The molecule has 1 aromatic heterocycles. The Morgan fingerprint density at radius 1 is 1.05 bits per heavy atom. The van der Waals surface area contributed by atoms with Crippen LogP contribution in [0.5, 0.6) is 11.5 Å². The molecule has 2 aromatic carbocycles. The third-order valence-corrected chi connectivity index (χ3v) is 3.48. The average Bonchev–Trinajstić information content (AvgIpc) is 2.98. The predicted octanol–water partition coefficient (Wildman–Crippen LogP) is 3.29. The van der Waals surface area contributed by atoms with Crippen molar-refractivity contribution in [2.24, 2.45) is 0 Å². The molecule has 0 saturated heterocycles. The second-order valence-corrected chi connectivity index (χ2v) is 4.79. The largest absolute Gasteiger partial charge is 0.454 e. The molecule has 0 spiro atoms. The molecule has 5 heteroatoms. The molecule has 0 atom stereocenters. The Bertz CT molecular complexity index is 833. The van der Waals surface area contributed by atoms with Crippen molar-refractivity contribution in [3.63, 3.8) is 0 Å². The Labute approximate surface area is 121 Å². The summed E-state index contributed by atoms with van der Waals surface area (Å²) in [6, 6.07) is 13.4. The van der Waals surface area contributed by atoms with Gasteiger partial charge in [-0.2, -0.15) is 0 Å². The number of anilines is 3. The van der Waals surface area contributed by atoms with Gasteiger partial charge in [0.25, 0.3) is 0 Å². The van der Waals surface area contributed by atoms with Crippen LogP contribution in [0.4, 0.5) is 17.1 Å². The summed E-state index contributed by atoms with van der Waals surface area (Å²) >= 11 is 0. The van der Waals surface area contributed by atoms with Gasteiger partial charge in [0.05, 0.1) is 16.9 Å². The van der Waals surface area contributed by atoms with Crippen molar-refractivity contribution in [1.29, 1.82) is 0 Å². The lowest BCUT2D eigenvalue weighted by Gasteiger charge is -2.11. The Hall–Kier alpha value is -2.95. The number of rotatable bonds is 2. The number of nitrogens with two attached hydrogens (primary N) is 1. The molecule has 0 fully saturated rings. The van der Waals surface area contributed by atoms with E-state index in [0.717, 1.165) is 33.8 Å². The normalized spacial score (nSPS) is 12.6. The van der Waals surface area contributed by atoms with E-state index in [4.69, 9.17) is 15.2 Å². The van der Waals surface area contributed by atoms with Crippen LogP contribution in [0.1, 0.15) is 0 Å². The molecule has 3 N–H and O–H groups in total. The molecular weight excluding hydrogens is 266 g/mol. The minimum atomic E-state index is 0.266. The molecule has 0 radical (unpaired) electrons. The fourth-order valence-electron chi connectivity index (χ4n) is 2.41. The van der Waals surface area contributed by atoms with Crippen LogP contribution in [0.3, 0.4) is 0 Å². The number of hydrogen-bond acceptors (Lipinski definition) is 5. The highest BCUT2D eigenvalue weighted by molar-refractivity contribution is 5.97. The van der Waals surface area contributed by atoms with Crippen molar-refractivity contribution in [3.8, 4) is 11.5 Å². The number of pyridine rings is 1. The monoisotopic (exact) mass is 279 g/mol.